The molecule has 156 valence electrons. The first-order valence-corrected chi connectivity index (χ1v) is 11.8. The molecule has 2 aromatic carbocycles. The average Bonchev–Trinajstić information content (AvgIpc) is 2.76. The fraction of sp³-hybridized carbons (Fsp3) is 0.556. The summed E-state index contributed by atoms with van der Waals surface area (Å²) in [6, 6.07) is 17.2. The minimum absolute atomic E-state index is 0.109. The molecule has 2 aliphatic rings. The maximum Gasteiger partial charge on any atom is 0.0314 e. The normalized spacial score (nSPS) is 25.0. The van der Waals surface area contributed by atoms with Crippen LogP contribution >= 0.6 is 0 Å². The fourth-order valence-electron chi connectivity index (χ4n) is 6.10. The minimum Gasteiger partial charge on any atom is -0.399 e. The van der Waals surface area contributed by atoms with E-state index in [2.05, 4.69) is 55.5 Å². The largest absolute Gasteiger partial charge is 0.399 e. The van der Waals surface area contributed by atoms with Crippen LogP contribution in [0.4, 0.5) is 11.4 Å². The molecule has 2 aliphatic carbocycles. The lowest BCUT2D eigenvalue weighted by molar-refractivity contribution is 0.187. The van der Waals surface area contributed by atoms with Gasteiger partial charge in [-0.1, -0.05) is 63.3 Å². The molecule has 0 heterocycles. The third-order valence-corrected chi connectivity index (χ3v) is 8.10. The van der Waals surface area contributed by atoms with Crippen molar-refractivity contribution in [3.63, 3.8) is 0 Å². The van der Waals surface area contributed by atoms with Crippen molar-refractivity contribution < 1.29 is 0 Å². The minimum atomic E-state index is 0.109. The summed E-state index contributed by atoms with van der Waals surface area (Å²) in [4.78, 5) is 0. The van der Waals surface area contributed by atoms with Gasteiger partial charge in [-0.05, 0) is 85.3 Å². The Kier molecular flexibility index (Phi) is 6.18. The van der Waals surface area contributed by atoms with E-state index in [0.717, 1.165) is 29.1 Å². The van der Waals surface area contributed by atoms with Gasteiger partial charge in [0.15, 0.2) is 0 Å². The van der Waals surface area contributed by atoms with Crippen molar-refractivity contribution in [3.8, 4) is 0 Å². The average molecular weight is 391 g/mol. The van der Waals surface area contributed by atoms with Crippen molar-refractivity contribution in [3.05, 3.63) is 59.7 Å². The van der Waals surface area contributed by atoms with Gasteiger partial charge in [0, 0.05) is 16.8 Å². The smallest absolute Gasteiger partial charge is 0.0314 e. The first-order valence-electron chi connectivity index (χ1n) is 11.8. The molecular formula is C27H38N2. The summed E-state index contributed by atoms with van der Waals surface area (Å²) in [5.74, 6) is 2.87. The van der Waals surface area contributed by atoms with Crippen LogP contribution in [0.3, 0.4) is 0 Å². The molecule has 0 bridgehead atoms. The quantitative estimate of drug-likeness (QED) is 0.544. The molecule has 0 radical (unpaired) electrons. The SMILES string of the molecule is CCC1CCC(CC2CCC(c3ccc(N)cc3)(c3ccc(N)cc3)CC2)CC1. The summed E-state index contributed by atoms with van der Waals surface area (Å²) in [6.45, 7) is 2.36. The lowest BCUT2D eigenvalue weighted by Gasteiger charge is -2.42. The Morgan fingerprint density at radius 3 is 1.52 bits per heavy atom. The van der Waals surface area contributed by atoms with Crippen LogP contribution in [0.25, 0.3) is 0 Å². The highest BCUT2D eigenvalue weighted by molar-refractivity contribution is 5.49. The van der Waals surface area contributed by atoms with E-state index in [0.29, 0.717) is 0 Å². The van der Waals surface area contributed by atoms with Gasteiger partial charge in [-0.25, -0.2) is 0 Å². The van der Waals surface area contributed by atoms with E-state index >= 15 is 0 Å². The van der Waals surface area contributed by atoms with E-state index in [1.165, 1.54) is 75.3 Å². The molecule has 2 saturated carbocycles. The van der Waals surface area contributed by atoms with Gasteiger partial charge in [-0.15, -0.1) is 0 Å². The zero-order chi connectivity index (χ0) is 20.3. The van der Waals surface area contributed by atoms with Gasteiger partial charge in [0.2, 0.25) is 0 Å². The van der Waals surface area contributed by atoms with Crippen LogP contribution < -0.4 is 11.5 Å². The summed E-state index contributed by atoms with van der Waals surface area (Å²) in [5.41, 5.74) is 16.6. The molecule has 0 unspecified atom stereocenters. The van der Waals surface area contributed by atoms with E-state index in [9.17, 15) is 0 Å². The zero-order valence-corrected chi connectivity index (χ0v) is 18.1. The molecule has 4 rings (SSSR count). The van der Waals surface area contributed by atoms with Gasteiger partial charge in [-0.2, -0.15) is 0 Å². The van der Waals surface area contributed by atoms with Crippen LogP contribution in [0.15, 0.2) is 48.5 Å². The van der Waals surface area contributed by atoms with Crippen molar-refractivity contribution in [2.24, 2.45) is 17.8 Å². The van der Waals surface area contributed by atoms with Crippen molar-refractivity contribution in [1.29, 1.82) is 0 Å². The Balaban J connectivity index is 1.48. The van der Waals surface area contributed by atoms with Crippen LogP contribution in [0, 0.1) is 17.8 Å². The summed E-state index contributed by atoms with van der Waals surface area (Å²) in [6.07, 6.45) is 13.8. The van der Waals surface area contributed by atoms with Gasteiger partial charge in [0.05, 0.1) is 0 Å². The number of hydrogen-bond donors (Lipinski definition) is 2. The van der Waals surface area contributed by atoms with E-state index in [-0.39, 0.29) is 5.41 Å². The van der Waals surface area contributed by atoms with Gasteiger partial charge >= 0.3 is 0 Å². The monoisotopic (exact) mass is 390 g/mol. The maximum atomic E-state index is 5.99. The molecular weight excluding hydrogens is 352 g/mol. The number of rotatable bonds is 5. The van der Waals surface area contributed by atoms with Gasteiger partial charge in [0.1, 0.15) is 0 Å². The Hall–Kier alpha value is -1.96. The number of hydrogen-bond acceptors (Lipinski definition) is 2. The lowest BCUT2D eigenvalue weighted by Crippen LogP contribution is -2.34. The van der Waals surface area contributed by atoms with E-state index in [4.69, 9.17) is 11.5 Å². The first kappa shape index (κ1) is 20.3. The number of benzene rings is 2. The number of nitrogen functional groups attached to an aromatic ring is 2. The first-order chi connectivity index (χ1) is 14.1. The number of nitrogens with two attached hydrogens (primary N) is 2. The summed E-state index contributed by atoms with van der Waals surface area (Å²) in [7, 11) is 0. The molecule has 2 aromatic rings. The molecule has 4 N–H and O–H groups in total. The molecule has 2 nitrogen and oxygen atoms in total. The molecule has 0 spiro atoms. The predicted octanol–water partition coefficient (Wildman–Crippen LogP) is 6.93. The Morgan fingerprint density at radius 2 is 1.07 bits per heavy atom. The fourth-order valence-corrected chi connectivity index (χ4v) is 6.10. The molecule has 0 aromatic heterocycles. The zero-order valence-electron chi connectivity index (χ0n) is 18.1. The van der Waals surface area contributed by atoms with Crippen molar-refractivity contribution in [1.82, 2.24) is 0 Å². The number of anilines is 2. The second-order valence-electron chi connectivity index (χ2n) is 9.80. The molecule has 0 aliphatic heterocycles. The second kappa shape index (κ2) is 8.81. The van der Waals surface area contributed by atoms with Crippen molar-refractivity contribution >= 4 is 11.4 Å². The molecule has 0 amide bonds. The van der Waals surface area contributed by atoms with Crippen LogP contribution in [0.5, 0.6) is 0 Å². The lowest BCUT2D eigenvalue weighted by atomic mass is 9.61. The summed E-state index contributed by atoms with van der Waals surface area (Å²) >= 11 is 0. The van der Waals surface area contributed by atoms with Crippen molar-refractivity contribution in [2.45, 2.75) is 76.5 Å². The predicted molar refractivity (Wildman–Crippen MR) is 125 cm³/mol. The molecule has 2 heteroatoms. The van der Waals surface area contributed by atoms with Crippen LogP contribution in [-0.4, -0.2) is 0 Å². The van der Waals surface area contributed by atoms with E-state index < -0.39 is 0 Å². The summed E-state index contributed by atoms with van der Waals surface area (Å²) < 4.78 is 0. The molecule has 2 fully saturated rings. The van der Waals surface area contributed by atoms with Crippen LogP contribution in [-0.2, 0) is 5.41 Å². The van der Waals surface area contributed by atoms with E-state index in [1.807, 2.05) is 0 Å². The van der Waals surface area contributed by atoms with Gasteiger partial charge in [-0.3, -0.25) is 0 Å². The van der Waals surface area contributed by atoms with Crippen molar-refractivity contribution in [2.75, 3.05) is 11.5 Å². The molecule has 29 heavy (non-hydrogen) atoms. The van der Waals surface area contributed by atoms with Crippen LogP contribution in [0.2, 0.25) is 0 Å². The Labute approximate surface area is 177 Å². The highest BCUT2D eigenvalue weighted by Gasteiger charge is 2.39. The third kappa shape index (κ3) is 4.47. The highest BCUT2D eigenvalue weighted by Crippen LogP contribution is 2.48. The Bertz CT molecular complexity index is 714. The Morgan fingerprint density at radius 1 is 0.655 bits per heavy atom. The van der Waals surface area contributed by atoms with E-state index in [1.54, 1.807) is 0 Å². The maximum absolute atomic E-state index is 5.99. The molecule has 0 saturated heterocycles. The topological polar surface area (TPSA) is 52.0 Å². The highest BCUT2D eigenvalue weighted by atomic mass is 14.5. The third-order valence-electron chi connectivity index (χ3n) is 8.10. The van der Waals surface area contributed by atoms with Crippen LogP contribution in [0.1, 0.15) is 82.3 Å². The second-order valence-corrected chi connectivity index (χ2v) is 9.80. The summed E-state index contributed by atoms with van der Waals surface area (Å²) in [5, 5.41) is 0. The standard InChI is InChI=1S/C27H38N2/c1-2-20-3-5-21(6-4-20)19-22-15-17-27(18-16-22,23-7-11-25(28)12-8-23)24-9-13-26(29)14-10-24/h7-14,20-22H,2-6,15-19,28-29H2,1H3. The molecule has 0 atom stereocenters. The van der Waals surface area contributed by atoms with Gasteiger partial charge < -0.3 is 11.5 Å². The van der Waals surface area contributed by atoms with Gasteiger partial charge in [0.25, 0.3) is 0 Å².